The van der Waals surface area contributed by atoms with Crippen molar-refractivity contribution < 1.29 is 0 Å². The molecule has 0 amide bonds. The molecule has 0 heteroatoms. The van der Waals surface area contributed by atoms with Crippen molar-refractivity contribution >= 4 is 64.6 Å². The van der Waals surface area contributed by atoms with Crippen LogP contribution in [-0.2, 0) is 25.7 Å². The first-order chi connectivity index (χ1) is 20.8. The first-order valence-electron chi connectivity index (χ1n) is 15.8. The van der Waals surface area contributed by atoms with Crippen molar-refractivity contribution in [1.82, 2.24) is 0 Å². The van der Waals surface area contributed by atoms with Gasteiger partial charge in [-0.1, -0.05) is 72.8 Å². The predicted octanol–water partition coefficient (Wildman–Crippen LogP) is 9.81. The molecule has 0 spiro atoms. The number of rotatable bonds is 1. The standard InChI is InChI=1S/C42H22/c1-2-18-14-22-6-10-26-37(25-9-5-21-13-17(1)29-30(18)34(22)40(26)39(25)33(21)29)38-27-11-7-23-15-19-3-4-20-16-24-8-12-28(38)42-36(24)32(20)31(19)35(23)41(27)42/h1-12,37-38H,13-16H2. The van der Waals surface area contributed by atoms with Gasteiger partial charge in [0.1, 0.15) is 0 Å². The molecule has 0 aliphatic heterocycles. The maximum Gasteiger partial charge on any atom is 0.0212 e. The largest absolute Gasteiger partial charge is 0.0578 e. The molecule has 0 unspecified atom stereocenters. The van der Waals surface area contributed by atoms with Gasteiger partial charge in [-0.15, -0.1) is 0 Å². The summed E-state index contributed by atoms with van der Waals surface area (Å²) in [5.41, 5.74) is 18.7. The third kappa shape index (κ3) is 1.68. The lowest BCUT2D eigenvalue weighted by Gasteiger charge is -2.25. The van der Waals surface area contributed by atoms with Gasteiger partial charge in [-0.25, -0.2) is 0 Å². The maximum absolute atomic E-state index is 2.54. The fraction of sp³-hybridized carbons (Fsp3) is 0.143. The molecule has 0 saturated carbocycles. The van der Waals surface area contributed by atoms with Crippen molar-refractivity contribution in [2.45, 2.75) is 37.5 Å². The third-order valence-electron chi connectivity index (χ3n) is 12.7. The van der Waals surface area contributed by atoms with Crippen molar-refractivity contribution in [3.63, 3.8) is 0 Å². The highest BCUT2D eigenvalue weighted by atomic mass is 14.5. The van der Waals surface area contributed by atoms with Crippen LogP contribution in [0.3, 0.4) is 0 Å². The number of hydrogen-bond donors (Lipinski definition) is 0. The van der Waals surface area contributed by atoms with Crippen LogP contribution in [-0.4, -0.2) is 0 Å². The van der Waals surface area contributed by atoms with Gasteiger partial charge in [0.15, 0.2) is 0 Å². The van der Waals surface area contributed by atoms with E-state index in [1.165, 1.54) is 0 Å². The molecule has 190 valence electrons. The monoisotopic (exact) mass is 526 g/mol. The van der Waals surface area contributed by atoms with Gasteiger partial charge < -0.3 is 0 Å². The van der Waals surface area contributed by atoms with Crippen LogP contribution in [0.4, 0.5) is 0 Å². The molecule has 8 aromatic carbocycles. The van der Waals surface area contributed by atoms with Gasteiger partial charge in [-0.05, 0) is 157 Å². The van der Waals surface area contributed by atoms with E-state index in [1.54, 1.807) is 131 Å². The molecule has 0 nitrogen and oxygen atoms in total. The fourth-order valence-corrected chi connectivity index (χ4v) is 11.5. The van der Waals surface area contributed by atoms with Crippen molar-refractivity contribution in [3.05, 3.63) is 140 Å². The lowest BCUT2D eigenvalue weighted by Crippen LogP contribution is -2.10. The molecule has 0 fully saturated rings. The van der Waals surface area contributed by atoms with Gasteiger partial charge in [0.05, 0.1) is 0 Å². The minimum atomic E-state index is 0.354. The van der Waals surface area contributed by atoms with Crippen LogP contribution in [0.15, 0.2) is 72.8 Å². The lowest BCUT2D eigenvalue weighted by atomic mass is 9.77. The molecule has 0 heterocycles. The van der Waals surface area contributed by atoms with E-state index >= 15 is 0 Å². The van der Waals surface area contributed by atoms with Crippen molar-refractivity contribution in [3.8, 4) is 0 Å². The lowest BCUT2D eigenvalue weighted by molar-refractivity contribution is 0.727. The first kappa shape index (κ1) is 19.4. The Morgan fingerprint density at radius 2 is 0.429 bits per heavy atom. The van der Waals surface area contributed by atoms with Crippen molar-refractivity contribution in [2.75, 3.05) is 0 Å². The molecule has 0 N–H and O–H groups in total. The Kier molecular flexibility index (Phi) is 2.63. The summed E-state index contributed by atoms with van der Waals surface area (Å²) in [5, 5.41) is 19.0. The summed E-state index contributed by atoms with van der Waals surface area (Å²) < 4.78 is 0. The van der Waals surface area contributed by atoms with E-state index in [0.717, 1.165) is 25.7 Å². The average Bonchev–Trinajstić information content (AvgIpc) is 3.83. The van der Waals surface area contributed by atoms with Gasteiger partial charge in [0.2, 0.25) is 0 Å². The smallest absolute Gasteiger partial charge is 0.0212 e. The molecule has 0 bridgehead atoms. The van der Waals surface area contributed by atoms with Crippen LogP contribution >= 0.6 is 0 Å². The third-order valence-corrected chi connectivity index (χ3v) is 12.7. The molecule has 6 aliphatic rings. The van der Waals surface area contributed by atoms with Crippen LogP contribution in [0.1, 0.15) is 78.6 Å². The molecule has 14 rings (SSSR count). The van der Waals surface area contributed by atoms with Crippen LogP contribution < -0.4 is 0 Å². The summed E-state index contributed by atoms with van der Waals surface area (Å²) in [6.07, 6.45) is 4.35. The van der Waals surface area contributed by atoms with Gasteiger partial charge in [-0.3, -0.25) is 0 Å². The second kappa shape index (κ2) is 5.68. The summed E-state index contributed by atoms with van der Waals surface area (Å²) in [7, 11) is 0. The normalized spacial score (nSPS) is 17.4. The Labute approximate surface area is 241 Å². The minimum absolute atomic E-state index is 0.354. The Balaban J connectivity index is 1.19. The van der Waals surface area contributed by atoms with Crippen molar-refractivity contribution in [1.29, 1.82) is 0 Å². The molecular formula is C42H22. The molecular weight excluding hydrogens is 504 g/mol. The summed E-state index contributed by atoms with van der Waals surface area (Å²) in [4.78, 5) is 0. The Bertz CT molecular complexity index is 2450. The molecule has 42 heavy (non-hydrogen) atoms. The average molecular weight is 527 g/mol. The van der Waals surface area contributed by atoms with Gasteiger partial charge in [-0.2, -0.15) is 0 Å². The van der Waals surface area contributed by atoms with E-state index in [0.29, 0.717) is 11.8 Å². The van der Waals surface area contributed by atoms with E-state index in [9.17, 15) is 0 Å². The number of hydrogen-bond acceptors (Lipinski definition) is 0. The van der Waals surface area contributed by atoms with Crippen molar-refractivity contribution in [2.24, 2.45) is 0 Å². The van der Waals surface area contributed by atoms with Crippen LogP contribution in [0.2, 0.25) is 0 Å². The fourth-order valence-electron chi connectivity index (χ4n) is 11.5. The highest BCUT2D eigenvalue weighted by Crippen LogP contribution is 2.63. The molecule has 0 atom stereocenters. The molecule has 8 aromatic rings. The van der Waals surface area contributed by atoms with E-state index < -0.39 is 0 Å². The van der Waals surface area contributed by atoms with E-state index in [2.05, 4.69) is 72.8 Å². The Hall–Kier alpha value is -4.68. The van der Waals surface area contributed by atoms with E-state index in [-0.39, 0.29) is 0 Å². The number of benzene rings is 8. The Morgan fingerprint density at radius 3 is 0.667 bits per heavy atom. The van der Waals surface area contributed by atoms with E-state index in [4.69, 9.17) is 0 Å². The minimum Gasteiger partial charge on any atom is -0.0578 e. The Morgan fingerprint density at radius 1 is 0.238 bits per heavy atom. The van der Waals surface area contributed by atoms with Crippen LogP contribution in [0.25, 0.3) is 64.6 Å². The molecule has 6 aliphatic carbocycles. The van der Waals surface area contributed by atoms with E-state index in [1.807, 2.05) is 0 Å². The molecule has 0 aromatic heterocycles. The topological polar surface area (TPSA) is 0 Å². The highest BCUT2D eigenvalue weighted by Gasteiger charge is 2.44. The summed E-state index contributed by atoms with van der Waals surface area (Å²) in [5.74, 6) is 0.708. The van der Waals surface area contributed by atoms with Crippen LogP contribution in [0, 0.1) is 0 Å². The molecule has 0 saturated heterocycles. The summed E-state index contributed by atoms with van der Waals surface area (Å²) in [6, 6.07) is 29.9. The predicted molar refractivity (Wildman–Crippen MR) is 173 cm³/mol. The maximum atomic E-state index is 2.54. The SMILES string of the molecule is c1cc2c3c4c1Cc1ccc5c(c14)c1c(ccc(c31)C2)C5C1c2ccc3c4c5c(ccc6c5c5c(ccc1c5c24)C6)C3. The zero-order chi connectivity index (χ0) is 26.3. The zero-order valence-corrected chi connectivity index (χ0v) is 22.9. The zero-order valence-electron chi connectivity index (χ0n) is 22.9. The van der Waals surface area contributed by atoms with Gasteiger partial charge in [0, 0.05) is 11.8 Å². The highest BCUT2D eigenvalue weighted by molar-refractivity contribution is 6.35. The quantitative estimate of drug-likeness (QED) is 0.187. The second-order valence-electron chi connectivity index (χ2n) is 14.2. The summed E-state index contributed by atoms with van der Waals surface area (Å²) >= 11 is 0. The first-order valence-corrected chi connectivity index (χ1v) is 15.8. The summed E-state index contributed by atoms with van der Waals surface area (Å²) in [6.45, 7) is 0. The van der Waals surface area contributed by atoms with Crippen LogP contribution in [0.5, 0.6) is 0 Å². The second-order valence-corrected chi connectivity index (χ2v) is 14.2. The van der Waals surface area contributed by atoms with Gasteiger partial charge in [0.25, 0.3) is 0 Å². The molecule has 0 radical (unpaired) electrons. The van der Waals surface area contributed by atoms with Gasteiger partial charge >= 0.3 is 0 Å².